The number of benzene rings is 3. The van der Waals surface area contributed by atoms with Crippen LogP contribution in [-0.4, -0.2) is 21.8 Å². The molecule has 0 radical (unpaired) electrons. The fourth-order valence-corrected chi connectivity index (χ4v) is 3.68. The van der Waals surface area contributed by atoms with Gasteiger partial charge in [-0.15, -0.1) is 0 Å². The van der Waals surface area contributed by atoms with Gasteiger partial charge in [0.25, 0.3) is 11.6 Å². The first-order valence-electron chi connectivity index (χ1n) is 10.1. The van der Waals surface area contributed by atoms with Crippen LogP contribution < -0.4 is 10.1 Å². The van der Waals surface area contributed by atoms with Crippen molar-refractivity contribution in [2.45, 2.75) is 13.2 Å². The highest BCUT2D eigenvalue weighted by atomic mass is 79.9. The highest BCUT2D eigenvalue weighted by molar-refractivity contribution is 9.10. The number of imide groups is 1. The van der Waals surface area contributed by atoms with Gasteiger partial charge < -0.3 is 10.1 Å². The smallest absolute Gasteiger partial charge is 0.329 e. The zero-order valence-electron chi connectivity index (χ0n) is 17.5. The number of nitrogens with zero attached hydrogens (tertiary/aromatic N) is 2. The van der Waals surface area contributed by atoms with E-state index < -0.39 is 22.7 Å². The monoisotopic (exact) mass is 525 g/mol. The molecule has 10 heteroatoms. The minimum atomic E-state index is -0.650. The van der Waals surface area contributed by atoms with Gasteiger partial charge in [-0.1, -0.05) is 34.1 Å². The van der Waals surface area contributed by atoms with Gasteiger partial charge in [0, 0.05) is 27.7 Å². The fraction of sp³-hybridized carbons (Fsp3) is 0.0833. The Morgan fingerprint density at radius 2 is 1.82 bits per heavy atom. The normalized spacial score (nSPS) is 14.4. The summed E-state index contributed by atoms with van der Waals surface area (Å²) in [6, 6.07) is 16.4. The number of halogens is 2. The largest absolute Gasteiger partial charge is 0.488 e. The first kappa shape index (κ1) is 23.1. The molecule has 0 aliphatic carbocycles. The summed E-state index contributed by atoms with van der Waals surface area (Å²) < 4.78 is 20.6. The zero-order chi connectivity index (χ0) is 24.2. The summed E-state index contributed by atoms with van der Waals surface area (Å²) in [6.45, 7) is -0.0633. The number of nitro benzene ring substituents is 1. The van der Waals surface area contributed by atoms with E-state index in [2.05, 4.69) is 21.2 Å². The van der Waals surface area contributed by atoms with Crippen LogP contribution in [0.15, 0.2) is 76.9 Å². The van der Waals surface area contributed by atoms with Crippen molar-refractivity contribution in [3.8, 4) is 5.75 Å². The minimum absolute atomic E-state index is 0.0201. The van der Waals surface area contributed by atoms with Gasteiger partial charge in [-0.2, -0.15) is 0 Å². The summed E-state index contributed by atoms with van der Waals surface area (Å²) in [7, 11) is 0. The minimum Gasteiger partial charge on any atom is -0.488 e. The lowest BCUT2D eigenvalue weighted by Crippen LogP contribution is -2.30. The van der Waals surface area contributed by atoms with Crippen LogP contribution in [0.5, 0.6) is 5.75 Å². The molecule has 0 aromatic heterocycles. The number of hydrogen-bond donors (Lipinski definition) is 1. The Bertz CT molecular complexity index is 1310. The Morgan fingerprint density at radius 3 is 2.53 bits per heavy atom. The van der Waals surface area contributed by atoms with E-state index in [1.165, 1.54) is 36.4 Å². The summed E-state index contributed by atoms with van der Waals surface area (Å²) in [5.74, 6) is -0.660. The SMILES string of the molecule is O=C1N/C(=C/c2cc(Br)ccc2OCc2ccc([N+](=O)[O-])cc2)C(=O)N1Cc1ccccc1F. The number of carbonyl (C=O) groups is 2. The van der Waals surface area contributed by atoms with E-state index in [0.29, 0.717) is 16.9 Å². The highest BCUT2D eigenvalue weighted by Crippen LogP contribution is 2.28. The Labute approximate surface area is 201 Å². The zero-order valence-corrected chi connectivity index (χ0v) is 19.1. The van der Waals surface area contributed by atoms with Crippen LogP contribution in [0.4, 0.5) is 14.9 Å². The van der Waals surface area contributed by atoms with E-state index in [0.717, 1.165) is 9.37 Å². The molecule has 1 N–H and O–H groups in total. The summed E-state index contributed by atoms with van der Waals surface area (Å²) >= 11 is 3.38. The van der Waals surface area contributed by atoms with E-state index in [4.69, 9.17) is 4.74 Å². The maximum Gasteiger partial charge on any atom is 0.329 e. The van der Waals surface area contributed by atoms with Crippen molar-refractivity contribution in [3.05, 3.63) is 110 Å². The van der Waals surface area contributed by atoms with Crippen LogP contribution in [0.25, 0.3) is 6.08 Å². The molecule has 0 bridgehead atoms. The van der Waals surface area contributed by atoms with Crippen molar-refractivity contribution >= 4 is 39.6 Å². The molecule has 3 aromatic carbocycles. The molecular weight excluding hydrogens is 509 g/mol. The van der Waals surface area contributed by atoms with Gasteiger partial charge in [-0.05, 0) is 48.0 Å². The molecule has 8 nitrogen and oxygen atoms in total. The number of nitrogens with one attached hydrogen (secondary N) is 1. The van der Waals surface area contributed by atoms with Crippen LogP contribution in [0.2, 0.25) is 0 Å². The number of ether oxygens (including phenoxy) is 1. The van der Waals surface area contributed by atoms with Crippen LogP contribution >= 0.6 is 15.9 Å². The van der Waals surface area contributed by atoms with Crippen molar-refractivity contribution in [3.63, 3.8) is 0 Å². The summed E-state index contributed by atoms with van der Waals surface area (Å²) in [5.41, 5.74) is 1.47. The molecule has 3 amide bonds. The van der Waals surface area contributed by atoms with Crippen molar-refractivity contribution in [1.29, 1.82) is 0 Å². The number of nitro groups is 1. The maximum atomic E-state index is 14.0. The number of rotatable bonds is 7. The third-order valence-corrected chi connectivity index (χ3v) is 5.56. The van der Waals surface area contributed by atoms with Gasteiger partial charge in [-0.25, -0.2) is 9.18 Å². The predicted molar refractivity (Wildman–Crippen MR) is 125 cm³/mol. The van der Waals surface area contributed by atoms with Crippen molar-refractivity contribution in [1.82, 2.24) is 10.2 Å². The Hall–Kier alpha value is -4.05. The quantitative estimate of drug-likeness (QED) is 0.198. The van der Waals surface area contributed by atoms with Crippen LogP contribution in [0.3, 0.4) is 0 Å². The lowest BCUT2D eigenvalue weighted by atomic mass is 10.1. The van der Waals surface area contributed by atoms with Gasteiger partial charge in [0.15, 0.2) is 0 Å². The molecule has 4 rings (SSSR count). The number of hydrogen-bond acceptors (Lipinski definition) is 5. The molecule has 1 aliphatic heterocycles. The van der Waals surface area contributed by atoms with Crippen molar-refractivity contribution in [2.75, 3.05) is 0 Å². The van der Waals surface area contributed by atoms with E-state index in [1.54, 1.807) is 36.4 Å². The van der Waals surface area contributed by atoms with Crippen molar-refractivity contribution in [2.24, 2.45) is 0 Å². The third-order valence-electron chi connectivity index (χ3n) is 5.06. The maximum absolute atomic E-state index is 14.0. The number of amides is 3. The predicted octanol–water partition coefficient (Wildman–Crippen LogP) is 5.17. The average molecular weight is 526 g/mol. The molecule has 1 heterocycles. The standard InChI is InChI=1S/C24H17BrFN3O5/c25-18-7-10-22(34-14-15-5-8-19(9-6-15)29(32)33)17(11-18)12-21-23(30)28(24(31)27-21)13-16-3-1-2-4-20(16)26/h1-12H,13-14H2,(H,27,31)/b21-12+. The lowest BCUT2D eigenvalue weighted by molar-refractivity contribution is -0.384. The van der Waals surface area contributed by atoms with Crippen LogP contribution in [0, 0.1) is 15.9 Å². The molecule has 1 fully saturated rings. The van der Waals surface area contributed by atoms with Gasteiger partial charge in [0.2, 0.25) is 0 Å². The molecule has 0 saturated carbocycles. The Morgan fingerprint density at radius 1 is 1.09 bits per heavy atom. The first-order valence-corrected chi connectivity index (χ1v) is 10.8. The second kappa shape index (κ2) is 9.84. The van der Waals surface area contributed by atoms with Gasteiger partial charge in [0.1, 0.15) is 23.9 Å². The lowest BCUT2D eigenvalue weighted by Gasteiger charge is -2.12. The molecular formula is C24H17BrFN3O5. The Balaban J connectivity index is 1.53. The third kappa shape index (κ3) is 5.12. The summed E-state index contributed by atoms with van der Waals surface area (Å²) in [6.07, 6.45) is 1.48. The number of non-ortho nitro benzene ring substituents is 1. The van der Waals surface area contributed by atoms with E-state index in [1.807, 2.05) is 0 Å². The summed E-state index contributed by atoms with van der Waals surface area (Å²) in [5, 5.41) is 13.3. The fourth-order valence-electron chi connectivity index (χ4n) is 3.31. The van der Waals surface area contributed by atoms with E-state index >= 15 is 0 Å². The molecule has 0 spiro atoms. The Kier molecular flexibility index (Phi) is 6.69. The molecule has 3 aromatic rings. The average Bonchev–Trinajstić information content (AvgIpc) is 3.07. The van der Waals surface area contributed by atoms with Gasteiger partial charge >= 0.3 is 6.03 Å². The van der Waals surface area contributed by atoms with Gasteiger partial charge in [-0.3, -0.25) is 19.8 Å². The topological polar surface area (TPSA) is 102 Å². The van der Waals surface area contributed by atoms with Crippen molar-refractivity contribution < 1.29 is 23.6 Å². The first-order chi connectivity index (χ1) is 16.3. The van der Waals surface area contributed by atoms with E-state index in [9.17, 15) is 24.1 Å². The van der Waals surface area contributed by atoms with E-state index in [-0.39, 0.29) is 30.1 Å². The van der Waals surface area contributed by atoms with Crippen LogP contribution in [0.1, 0.15) is 16.7 Å². The molecule has 172 valence electrons. The molecule has 0 atom stereocenters. The molecule has 0 unspecified atom stereocenters. The second-order valence-electron chi connectivity index (χ2n) is 7.37. The second-order valence-corrected chi connectivity index (χ2v) is 8.28. The van der Waals surface area contributed by atoms with Crippen LogP contribution in [-0.2, 0) is 17.9 Å². The van der Waals surface area contributed by atoms with Gasteiger partial charge in [0.05, 0.1) is 11.5 Å². The number of carbonyl (C=O) groups excluding carboxylic acids is 2. The summed E-state index contributed by atoms with van der Waals surface area (Å²) in [4.78, 5) is 36.5. The highest BCUT2D eigenvalue weighted by Gasteiger charge is 2.34. The number of urea groups is 1. The molecule has 34 heavy (non-hydrogen) atoms. The molecule has 1 aliphatic rings. The molecule has 1 saturated heterocycles.